The molecule has 0 bridgehead atoms. The summed E-state index contributed by atoms with van der Waals surface area (Å²) >= 11 is 0. The number of aryl methyl sites for hydroxylation is 1. The van der Waals surface area contributed by atoms with E-state index in [0.29, 0.717) is 23.8 Å². The van der Waals surface area contributed by atoms with Gasteiger partial charge in [0.15, 0.2) is 0 Å². The molecule has 1 amide bonds. The Labute approximate surface area is 162 Å². The molecule has 1 aromatic carbocycles. The van der Waals surface area contributed by atoms with E-state index in [-0.39, 0.29) is 12.5 Å². The van der Waals surface area contributed by atoms with Crippen LogP contribution in [0, 0.1) is 0 Å². The van der Waals surface area contributed by atoms with Crippen LogP contribution in [0.25, 0.3) is 22.2 Å². The standard InChI is InChI=1S/C21H19N5O2/c1-3-19-24-25-20(28-19)13-26(2)21(27)16-12-18(14-8-10-22-11-9-14)23-17-7-5-4-6-15(16)17/h4-12H,3,13H2,1-2H3. The summed E-state index contributed by atoms with van der Waals surface area (Å²) in [6.07, 6.45) is 4.08. The number of carbonyl (C=O) groups excluding carboxylic acids is 1. The fraction of sp³-hybridized carbons (Fsp3) is 0.190. The van der Waals surface area contributed by atoms with E-state index < -0.39 is 0 Å². The number of hydrogen-bond donors (Lipinski definition) is 0. The number of aromatic nitrogens is 4. The molecule has 140 valence electrons. The van der Waals surface area contributed by atoms with Crippen molar-refractivity contribution in [2.75, 3.05) is 7.05 Å². The quantitative estimate of drug-likeness (QED) is 0.532. The first-order chi connectivity index (χ1) is 13.7. The summed E-state index contributed by atoms with van der Waals surface area (Å²) < 4.78 is 5.53. The molecule has 0 aliphatic rings. The van der Waals surface area contributed by atoms with Gasteiger partial charge in [0.05, 0.1) is 23.3 Å². The number of fused-ring (bicyclic) bond motifs is 1. The Morgan fingerprint density at radius 3 is 2.57 bits per heavy atom. The predicted molar refractivity (Wildman–Crippen MR) is 104 cm³/mol. The molecule has 3 aromatic heterocycles. The second kappa shape index (κ2) is 7.56. The number of benzene rings is 1. The number of para-hydroxylation sites is 1. The third kappa shape index (κ3) is 3.46. The molecule has 0 unspecified atom stereocenters. The lowest BCUT2D eigenvalue weighted by Crippen LogP contribution is -2.26. The van der Waals surface area contributed by atoms with Crippen LogP contribution in [0.1, 0.15) is 29.1 Å². The van der Waals surface area contributed by atoms with Gasteiger partial charge in [0.25, 0.3) is 5.91 Å². The fourth-order valence-corrected chi connectivity index (χ4v) is 3.00. The molecule has 0 N–H and O–H groups in total. The van der Waals surface area contributed by atoms with Gasteiger partial charge in [0.1, 0.15) is 0 Å². The van der Waals surface area contributed by atoms with E-state index in [1.165, 1.54) is 0 Å². The van der Waals surface area contributed by atoms with Crippen molar-refractivity contribution in [1.82, 2.24) is 25.1 Å². The Morgan fingerprint density at radius 2 is 1.82 bits per heavy atom. The average Bonchev–Trinajstić information content (AvgIpc) is 3.20. The topological polar surface area (TPSA) is 85.0 Å². The van der Waals surface area contributed by atoms with Crippen LogP contribution in [0.5, 0.6) is 0 Å². The molecule has 4 rings (SSSR count). The van der Waals surface area contributed by atoms with Crippen molar-refractivity contribution in [3.63, 3.8) is 0 Å². The summed E-state index contributed by atoms with van der Waals surface area (Å²) in [6.45, 7) is 2.18. The van der Waals surface area contributed by atoms with E-state index in [1.54, 1.807) is 24.3 Å². The zero-order chi connectivity index (χ0) is 19.5. The summed E-state index contributed by atoms with van der Waals surface area (Å²) in [5.41, 5.74) is 2.97. The highest BCUT2D eigenvalue weighted by atomic mass is 16.4. The average molecular weight is 373 g/mol. The predicted octanol–water partition coefficient (Wildman–Crippen LogP) is 3.51. The van der Waals surface area contributed by atoms with E-state index in [9.17, 15) is 4.79 Å². The molecule has 0 saturated heterocycles. The van der Waals surface area contributed by atoms with Crippen molar-refractivity contribution in [3.8, 4) is 11.3 Å². The lowest BCUT2D eigenvalue weighted by atomic mass is 10.0. The highest BCUT2D eigenvalue weighted by molar-refractivity contribution is 6.07. The molecule has 7 heteroatoms. The lowest BCUT2D eigenvalue weighted by molar-refractivity contribution is 0.0774. The molecule has 0 fully saturated rings. The number of rotatable bonds is 5. The normalized spacial score (nSPS) is 10.9. The number of pyridine rings is 2. The molecule has 0 atom stereocenters. The summed E-state index contributed by atoms with van der Waals surface area (Å²) in [4.78, 5) is 23.5. The molecule has 0 saturated carbocycles. The van der Waals surface area contributed by atoms with Crippen molar-refractivity contribution in [2.45, 2.75) is 19.9 Å². The van der Waals surface area contributed by atoms with E-state index in [4.69, 9.17) is 9.40 Å². The monoisotopic (exact) mass is 373 g/mol. The van der Waals surface area contributed by atoms with Gasteiger partial charge in [-0.1, -0.05) is 25.1 Å². The maximum atomic E-state index is 13.2. The van der Waals surface area contributed by atoms with E-state index in [0.717, 1.165) is 22.2 Å². The minimum absolute atomic E-state index is 0.134. The molecule has 4 aromatic rings. The van der Waals surface area contributed by atoms with Gasteiger partial charge in [0, 0.05) is 36.8 Å². The Balaban J connectivity index is 1.72. The maximum Gasteiger partial charge on any atom is 0.254 e. The molecular formula is C21H19N5O2. The van der Waals surface area contributed by atoms with Crippen molar-refractivity contribution >= 4 is 16.8 Å². The molecule has 0 aliphatic carbocycles. The molecule has 28 heavy (non-hydrogen) atoms. The zero-order valence-corrected chi connectivity index (χ0v) is 15.7. The summed E-state index contributed by atoms with van der Waals surface area (Å²) in [5, 5.41) is 8.76. The van der Waals surface area contributed by atoms with Crippen LogP contribution in [0.4, 0.5) is 0 Å². The summed E-state index contributed by atoms with van der Waals surface area (Å²) in [5.74, 6) is 0.843. The second-order valence-electron chi connectivity index (χ2n) is 6.41. The Bertz CT molecular complexity index is 1120. The highest BCUT2D eigenvalue weighted by Crippen LogP contribution is 2.25. The number of nitrogens with zero attached hydrogens (tertiary/aromatic N) is 5. The lowest BCUT2D eigenvalue weighted by Gasteiger charge is -2.17. The zero-order valence-electron chi connectivity index (χ0n) is 15.7. The SMILES string of the molecule is CCc1nnc(CN(C)C(=O)c2cc(-c3ccncc3)nc3ccccc23)o1. The minimum atomic E-state index is -0.134. The highest BCUT2D eigenvalue weighted by Gasteiger charge is 2.19. The molecule has 3 heterocycles. The van der Waals surface area contributed by atoms with Crippen LogP contribution in [0.3, 0.4) is 0 Å². The Kier molecular flexibility index (Phi) is 4.80. The largest absolute Gasteiger partial charge is 0.423 e. The third-order valence-electron chi connectivity index (χ3n) is 4.45. The van der Waals surface area contributed by atoms with Gasteiger partial charge in [-0.2, -0.15) is 0 Å². The molecule has 7 nitrogen and oxygen atoms in total. The fourth-order valence-electron chi connectivity index (χ4n) is 3.00. The second-order valence-corrected chi connectivity index (χ2v) is 6.41. The van der Waals surface area contributed by atoms with Gasteiger partial charge in [-0.05, 0) is 24.3 Å². The van der Waals surface area contributed by atoms with Crippen LogP contribution in [-0.4, -0.2) is 38.0 Å². The van der Waals surface area contributed by atoms with Gasteiger partial charge in [0.2, 0.25) is 11.8 Å². The number of carbonyl (C=O) groups is 1. The minimum Gasteiger partial charge on any atom is -0.423 e. The summed E-state index contributed by atoms with van der Waals surface area (Å²) in [6, 6.07) is 13.2. The van der Waals surface area contributed by atoms with Crippen LogP contribution in [-0.2, 0) is 13.0 Å². The van der Waals surface area contributed by atoms with Gasteiger partial charge in [-0.25, -0.2) is 4.98 Å². The molecule has 0 radical (unpaired) electrons. The summed E-state index contributed by atoms with van der Waals surface area (Å²) in [7, 11) is 1.72. The maximum absolute atomic E-state index is 13.2. The van der Waals surface area contributed by atoms with E-state index in [1.807, 2.05) is 49.4 Å². The van der Waals surface area contributed by atoms with Crippen LogP contribution in [0.2, 0.25) is 0 Å². The first-order valence-corrected chi connectivity index (χ1v) is 9.02. The van der Waals surface area contributed by atoms with Crippen molar-refractivity contribution < 1.29 is 9.21 Å². The first kappa shape index (κ1) is 17.8. The van der Waals surface area contributed by atoms with E-state index >= 15 is 0 Å². The van der Waals surface area contributed by atoms with Crippen molar-refractivity contribution in [1.29, 1.82) is 0 Å². The number of hydrogen-bond acceptors (Lipinski definition) is 6. The molecule has 0 spiro atoms. The van der Waals surface area contributed by atoms with E-state index in [2.05, 4.69) is 15.2 Å². The third-order valence-corrected chi connectivity index (χ3v) is 4.45. The number of amides is 1. The smallest absolute Gasteiger partial charge is 0.254 e. The first-order valence-electron chi connectivity index (χ1n) is 9.02. The van der Waals surface area contributed by atoms with Crippen molar-refractivity contribution in [2.24, 2.45) is 0 Å². The molecular weight excluding hydrogens is 354 g/mol. The van der Waals surface area contributed by atoms with Gasteiger partial charge in [-0.15, -0.1) is 10.2 Å². The van der Waals surface area contributed by atoms with Crippen molar-refractivity contribution in [3.05, 3.63) is 72.2 Å². The van der Waals surface area contributed by atoms with Gasteiger partial charge < -0.3 is 9.32 Å². The molecule has 0 aliphatic heterocycles. The van der Waals surface area contributed by atoms with Gasteiger partial charge in [-0.3, -0.25) is 9.78 Å². The van der Waals surface area contributed by atoms with Crippen LogP contribution in [0.15, 0.2) is 59.3 Å². The van der Waals surface area contributed by atoms with Gasteiger partial charge >= 0.3 is 0 Å². The van der Waals surface area contributed by atoms with Crippen LogP contribution < -0.4 is 0 Å². The Morgan fingerprint density at radius 1 is 1.07 bits per heavy atom. The van der Waals surface area contributed by atoms with Crippen LogP contribution >= 0.6 is 0 Å². The Hall–Kier alpha value is -3.61.